The lowest BCUT2D eigenvalue weighted by Gasteiger charge is -2.08. The van der Waals surface area contributed by atoms with E-state index in [0.717, 1.165) is 9.75 Å². The Labute approximate surface area is 176 Å². The molecule has 0 radical (unpaired) electrons. The van der Waals surface area contributed by atoms with Gasteiger partial charge in [0, 0.05) is 22.8 Å². The Morgan fingerprint density at radius 2 is 1.90 bits per heavy atom. The number of benzene rings is 1. The van der Waals surface area contributed by atoms with Crippen molar-refractivity contribution in [2.45, 2.75) is 18.7 Å². The Hall–Kier alpha value is -2.89. The van der Waals surface area contributed by atoms with Crippen LogP contribution in [-0.4, -0.2) is 41.3 Å². The van der Waals surface area contributed by atoms with Gasteiger partial charge in [0.05, 0.1) is 10.5 Å². The molecule has 0 aliphatic carbocycles. The molecule has 0 saturated carbocycles. The second-order valence-corrected chi connectivity index (χ2v) is 9.79. The van der Waals surface area contributed by atoms with Crippen LogP contribution in [0.1, 0.15) is 9.75 Å². The second-order valence-electron chi connectivity index (χ2n) is 6.59. The first-order valence-corrected chi connectivity index (χ1v) is 11.4. The maximum absolute atomic E-state index is 14.1. The van der Waals surface area contributed by atoms with Gasteiger partial charge in [-0.1, -0.05) is 12.1 Å². The first kappa shape index (κ1) is 20.4. The minimum absolute atomic E-state index is 0.179. The average molecular weight is 447 g/mol. The highest BCUT2D eigenvalue weighted by Crippen LogP contribution is 2.24. The van der Waals surface area contributed by atoms with Crippen LogP contribution in [0.4, 0.5) is 10.2 Å². The average Bonchev–Trinajstić information content (AvgIpc) is 3.28. The highest BCUT2D eigenvalue weighted by Gasteiger charge is 2.18. The van der Waals surface area contributed by atoms with Gasteiger partial charge in [0.2, 0.25) is 10.0 Å². The number of aromatic nitrogens is 4. The predicted molar refractivity (Wildman–Crippen MR) is 114 cm³/mol. The summed E-state index contributed by atoms with van der Waals surface area (Å²) in [4.78, 5) is 2.01. The van der Waals surface area contributed by atoms with E-state index < -0.39 is 15.8 Å². The van der Waals surface area contributed by atoms with Gasteiger partial charge in [-0.15, -0.1) is 26.6 Å². The summed E-state index contributed by atoms with van der Waals surface area (Å²) in [5.41, 5.74) is 0.770. The SMILES string of the molecule is Cc1cc(S(=O)(=O)NCCNc2ccc3nnc(-c4ccccc4F)n3n2)c(C)s1. The summed E-state index contributed by atoms with van der Waals surface area (Å²) in [6.07, 6.45) is 0. The zero-order chi connectivity index (χ0) is 21.3. The first-order chi connectivity index (χ1) is 14.3. The molecule has 4 aromatic rings. The van der Waals surface area contributed by atoms with Gasteiger partial charge < -0.3 is 5.32 Å². The maximum Gasteiger partial charge on any atom is 0.241 e. The van der Waals surface area contributed by atoms with Crippen LogP contribution in [0, 0.1) is 19.7 Å². The predicted octanol–water partition coefficient (Wildman–Crippen LogP) is 3.00. The van der Waals surface area contributed by atoms with Crippen molar-refractivity contribution in [3.05, 3.63) is 58.0 Å². The van der Waals surface area contributed by atoms with Crippen LogP contribution in [-0.2, 0) is 10.0 Å². The molecular weight excluding hydrogens is 427 g/mol. The van der Waals surface area contributed by atoms with Gasteiger partial charge in [-0.3, -0.25) is 0 Å². The van der Waals surface area contributed by atoms with E-state index in [0.29, 0.717) is 28.5 Å². The topological polar surface area (TPSA) is 101 Å². The smallest absolute Gasteiger partial charge is 0.241 e. The van der Waals surface area contributed by atoms with Crippen molar-refractivity contribution >= 4 is 32.8 Å². The number of thiophene rings is 1. The van der Waals surface area contributed by atoms with Crippen LogP contribution < -0.4 is 10.0 Å². The Morgan fingerprint density at radius 1 is 1.10 bits per heavy atom. The van der Waals surface area contributed by atoms with E-state index >= 15 is 0 Å². The molecule has 0 unspecified atom stereocenters. The number of nitrogens with zero attached hydrogens (tertiary/aromatic N) is 4. The van der Waals surface area contributed by atoms with Crippen molar-refractivity contribution < 1.29 is 12.8 Å². The lowest BCUT2D eigenvalue weighted by Crippen LogP contribution is -2.29. The Bertz CT molecular complexity index is 1320. The van der Waals surface area contributed by atoms with Gasteiger partial charge in [-0.25, -0.2) is 17.5 Å². The summed E-state index contributed by atoms with van der Waals surface area (Å²) < 4.78 is 43.0. The molecule has 4 rings (SSSR count). The van der Waals surface area contributed by atoms with Crippen LogP contribution in [0.3, 0.4) is 0 Å². The third-order valence-electron chi connectivity index (χ3n) is 4.39. The van der Waals surface area contributed by atoms with Crippen molar-refractivity contribution in [2.75, 3.05) is 18.4 Å². The molecule has 156 valence electrons. The van der Waals surface area contributed by atoms with E-state index in [2.05, 4.69) is 25.3 Å². The molecule has 0 fully saturated rings. The molecule has 2 N–H and O–H groups in total. The minimum atomic E-state index is -3.56. The molecule has 8 nitrogen and oxygen atoms in total. The second kappa shape index (κ2) is 8.09. The van der Waals surface area contributed by atoms with Gasteiger partial charge >= 0.3 is 0 Å². The fourth-order valence-corrected chi connectivity index (χ4v) is 5.61. The number of hydrogen-bond donors (Lipinski definition) is 2. The lowest BCUT2D eigenvalue weighted by molar-refractivity contribution is 0.582. The van der Waals surface area contributed by atoms with Crippen LogP contribution in [0.15, 0.2) is 47.4 Å². The van der Waals surface area contributed by atoms with Crippen LogP contribution in [0.2, 0.25) is 0 Å². The molecule has 30 heavy (non-hydrogen) atoms. The normalized spacial score (nSPS) is 11.8. The molecule has 1 aromatic carbocycles. The van der Waals surface area contributed by atoms with E-state index in [9.17, 15) is 12.8 Å². The zero-order valence-electron chi connectivity index (χ0n) is 16.3. The van der Waals surface area contributed by atoms with Gasteiger partial charge in [0.25, 0.3) is 0 Å². The van der Waals surface area contributed by atoms with E-state index in [4.69, 9.17) is 0 Å². The summed E-state index contributed by atoms with van der Waals surface area (Å²) in [6, 6.07) is 11.3. The van der Waals surface area contributed by atoms with Crippen LogP contribution in [0.5, 0.6) is 0 Å². The number of aryl methyl sites for hydroxylation is 2. The van der Waals surface area contributed by atoms with E-state index in [1.807, 2.05) is 6.92 Å². The Balaban J connectivity index is 1.45. The molecule has 0 aliphatic rings. The first-order valence-electron chi connectivity index (χ1n) is 9.13. The maximum atomic E-state index is 14.1. The van der Waals surface area contributed by atoms with E-state index in [-0.39, 0.29) is 12.4 Å². The summed E-state index contributed by atoms with van der Waals surface area (Å²) in [5, 5.41) is 15.5. The zero-order valence-corrected chi connectivity index (χ0v) is 17.9. The Morgan fingerprint density at radius 3 is 2.63 bits per heavy atom. The third kappa shape index (κ3) is 4.04. The summed E-state index contributed by atoms with van der Waals surface area (Å²) in [6.45, 7) is 4.16. The van der Waals surface area contributed by atoms with Gasteiger partial charge in [-0.2, -0.15) is 4.52 Å². The van der Waals surface area contributed by atoms with E-state index in [1.54, 1.807) is 43.3 Å². The lowest BCUT2D eigenvalue weighted by atomic mass is 10.2. The summed E-state index contributed by atoms with van der Waals surface area (Å²) in [5.74, 6) is 0.359. The Kier molecular flexibility index (Phi) is 5.50. The van der Waals surface area contributed by atoms with Gasteiger partial charge in [0.1, 0.15) is 11.6 Å². The molecule has 0 atom stereocenters. The molecule has 3 heterocycles. The highest BCUT2D eigenvalue weighted by molar-refractivity contribution is 7.89. The third-order valence-corrected chi connectivity index (χ3v) is 7.07. The number of fused-ring (bicyclic) bond motifs is 1. The largest absolute Gasteiger partial charge is 0.367 e. The van der Waals surface area contributed by atoms with Gasteiger partial charge in [-0.05, 0) is 44.2 Å². The molecule has 0 bridgehead atoms. The molecule has 0 amide bonds. The van der Waals surface area contributed by atoms with Crippen LogP contribution >= 0.6 is 11.3 Å². The number of hydrogen-bond acceptors (Lipinski definition) is 7. The number of sulfonamides is 1. The molecule has 0 aliphatic heterocycles. The monoisotopic (exact) mass is 446 g/mol. The van der Waals surface area contributed by atoms with Crippen molar-refractivity contribution in [2.24, 2.45) is 0 Å². The molecular formula is C19H19FN6O2S2. The summed E-state index contributed by atoms with van der Waals surface area (Å²) in [7, 11) is -3.56. The fourth-order valence-electron chi connectivity index (χ4n) is 3.02. The number of nitrogens with one attached hydrogen (secondary N) is 2. The number of rotatable bonds is 7. The molecule has 0 saturated heterocycles. The van der Waals surface area contributed by atoms with Crippen LogP contribution in [0.25, 0.3) is 17.0 Å². The molecule has 3 aromatic heterocycles. The van der Waals surface area contributed by atoms with Gasteiger partial charge in [0.15, 0.2) is 11.5 Å². The van der Waals surface area contributed by atoms with E-state index in [1.165, 1.54) is 21.9 Å². The number of anilines is 1. The highest BCUT2D eigenvalue weighted by atomic mass is 32.2. The van der Waals surface area contributed by atoms with Crippen molar-refractivity contribution in [3.63, 3.8) is 0 Å². The number of halogens is 1. The molecule has 11 heteroatoms. The minimum Gasteiger partial charge on any atom is -0.367 e. The standard InChI is InChI=1S/C19H19FN6O2S2/c1-12-11-16(13(2)29-12)30(27,28)22-10-9-21-17-7-8-18-23-24-19(26(18)25-17)14-5-3-4-6-15(14)20/h3-8,11,22H,9-10H2,1-2H3,(H,21,25). The van der Waals surface area contributed by atoms with Crippen molar-refractivity contribution in [1.82, 2.24) is 24.5 Å². The van der Waals surface area contributed by atoms with Crippen molar-refractivity contribution in [3.8, 4) is 11.4 Å². The van der Waals surface area contributed by atoms with Crippen molar-refractivity contribution in [1.29, 1.82) is 0 Å². The quantitative estimate of drug-likeness (QED) is 0.423. The summed E-state index contributed by atoms with van der Waals surface area (Å²) >= 11 is 1.45. The molecule has 0 spiro atoms. The fraction of sp³-hybridized carbons (Fsp3) is 0.211.